The molecular formula is C26H27F2N3O. The van der Waals surface area contributed by atoms with Gasteiger partial charge in [0.25, 0.3) is 0 Å². The van der Waals surface area contributed by atoms with Crippen LogP contribution in [0.15, 0.2) is 78.9 Å². The van der Waals surface area contributed by atoms with Gasteiger partial charge in [0.1, 0.15) is 11.6 Å². The number of halogens is 2. The number of carbonyl (C=O) groups is 1. The van der Waals surface area contributed by atoms with Crippen molar-refractivity contribution >= 4 is 5.91 Å². The van der Waals surface area contributed by atoms with E-state index in [1.165, 1.54) is 24.3 Å². The van der Waals surface area contributed by atoms with E-state index in [1.807, 2.05) is 35.2 Å². The molecule has 0 unspecified atom stereocenters. The number of hydrogen-bond acceptors (Lipinski definition) is 3. The van der Waals surface area contributed by atoms with Gasteiger partial charge in [-0.25, -0.2) is 8.78 Å². The molecule has 1 aliphatic rings. The van der Waals surface area contributed by atoms with E-state index in [9.17, 15) is 13.6 Å². The molecule has 32 heavy (non-hydrogen) atoms. The van der Waals surface area contributed by atoms with E-state index in [2.05, 4.69) is 4.90 Å². The fourth-order valence-electron chi connectivity index (χ4n) is 4.29. The predicted molar refractivity (Wildman–Crippen MR) is 121 cm³/mol. The molecule has 1 atom stereocenters. The molecule has 0 radical (unpaired) electrons. The van der Waals surface area contributed by atoms with Gasteiger partial charge in [0.15, 0.2) is 0 Å². The van der Waals surface area contributed by atoms with Gasteiger partial charge >= 0.3 is 0 Å². The third-order valence-corrected chi connectivity index (χ3v) is 5.98. The van der Waals surface area contributed by atoms with Gasteiger partial charge in [-0.3, -0.25) is 9.69 Å². The average molecular weight is 436 g/mol. The second-order valence-corrected chi connectivity index (χ2v) is 8.16. The largest absolute Gasteiger partial charge is 0.339 e. The molecule has 166 valence electrons. The van der Waals surface area contributed by atoms with Crippen LogP contribution in [0, 0.1) is 11.6 Å². The molecule has 0 aliphatic carbocycles. The first-order chi connectivity index (χ1) is 15.5. The van der Waals surface area contributed by atoms with E-state index < -0.39 is 6.04 Å². The first-order valence-corrected chi connectivity index (χ1v) is 10.8. The normalized spacial score (nSPS) is 15.7. The maximum Gasteiger partial charge on any atom is 0.239 e. The Kier molecular flexibility index (Phi) is 6.93. The fraction of sp³-hybridized carbons (Fsp3) is 0.269. The number of piperazine rings is 1. The average Bonchev–Trinajstić information content (AvgIpc) is 2.82. The summed E-state index contributed by atoms with van der Waals surface area (Å²) in [5.41, 5.74) is 9.11. The Hall–Kier alpha value is -3.09. The second kappa shape index (κ2) is 10.0. The number of hydrogen-bond donors (Lipinski definition) is 1. The van der Waals surface area contributed by atoms with Crippen LogP contribution < -0.4 is 5.73 Å². The van der Waals surface area contributed by atoms with Crippen molar-refractivity contribution in [3.05, 3.63) is 107 Å². The van der Waals surface area contributed by atoms with Crippen molar-refractivity contribution in [1.82, 2.24) is 9.80 Å². The van der Waals surface area contributed by atoms with Gasteiger partial charge in [0.05, 0.1) is 12.1 Å². The highest BCUT2D eigenvalue weighted by atomic mass is 19.1. The molecule has 4 nitrogen and oxygen atoms in total. The van der Waals surface area contributed by atoms with Gasteiger partial charge in [-0.2, -0.15) is 0 Å². The van der Waals surface area contributed by atoms with Crippen LogP contribution in [-0.2, 0) is 11.2 Å². The summed E-state index contributed by atoms with van der Waals surface area (Å²) in [7, 11) is 0. The highest BCUT2D eigenvalue weighted by Crippen LogP contribution is 2.30. The van der Waals surface area contributed by atoms with Crippen molar-refractivity contribution in [3.63, 3.8) is 0 Å². The van der Waals surface area contributed by atoms with Crippen LogP contribution in [0.1, 0.15) is 22.7 Å². The first-order valence-electron chi connectivity index (χ1n) is 10.8. The number of nitrogens with two attached hydrogens (primary N) is 1. The fourth-order valence-corrected chi connectivity index (χ4v) is 4.29. The monoisotopic (exact) mass is 435 g/mol. The summed E-state index contributed by atoms with van der Waals surface area (Å²) >= 11 is 0. The Morgan fingerprint density at radius 1 is 0.781 bits per heavy atom. The van der Waals surface area contributed by atoms with Crippen molar-refractivity contribution in [2.45, 2.75) is 18.5 Å². The zero-order chi connectivity index (χ0) is 22.5. The highest BCUT2D eigenvalue weighted by Gasteiger charge is 2.30. The van der Waals surface area contributed by atoms with Crippen LogP contribution in [0.25, 0.3) is 0 Å². The molecule has 1 heterocycles. The lowest BCUT2D eigenvalue weighted by atomic mass is 9.96. The van der Waals surface area contributed by atoms with Crippen molar-refractivity contribution in [2.75, 3.05) is 26.2 Å². The van der Waals surface area contributed by atoms with E-state index in [0.717, 1.165) is 16.7 Å². The third kappa shape index (κ3) is 5.21. The molecule has 0 saturated carbocycles. The minimum absolute atomic E-state index is 0.0476. The van der Waals surface area contributed by atoms with Gasteiger partial charge in [-0.1, -0.05) is 54.6 Å². The number of benzene rings is 3. The lowest BCUT2D eigenvalue weighted by Crippen LogP contribution is -2.54. The van der Waals surface area contributed by atoms with Crippen LogP contribution in [0.3, 0.4) is 0 Å². The van der Waals surface area contributed by atoms with Gasteiger partial charge in [-0.05, 0) is 47.4 Å². The van der Waals surface area contributed by atoms with Crippen LogP contribution in [-0.4, -0.2) is 47.9 Å². The maximum atomic E-state index is 13.5. The third-order valence-electron chi connectivity index (χ3n) is 5.98. The lowest BCUT2D eigenvalue weighted by molar-refractivity contribution is -0.134. The molecule has 4 rings (SSSR count). The SMILES string of the molecule is N[C@@H](Cc1ccccc1)C(=O)N1CCN(C(c2ccc(F)cc2)c2ccc(F)cc2)CC1. The van der Waals surface area contributed by atoms with Gasteiger partial charge < -0.3 is 10.6 Å². The molecule has 3 aromatic carbocycles. The van der Waals surface area contributed by atoms with E-state index in [0.29, 0.717) is 32.6 Å². The van der Waals surface area contributed by atoms with Crippen LogP contribution in [0.4, 0.5) is 8.78 Å². The number of carbonyl (C=O) groups excluding carboxylic acids is 1. The zero-order valence-electron chi connectivity index (χ0n) is 17.8. The van der Waals surface area contributed by atoms with Gasteiger partial charge in [0, 0.05) is 26.2 Å². The predicted octanol–water partition coefficient (Wildman–Crippen LogP) is 3.77. The van der Waals surface area contributed by atoms with E-state index >= 15 is 0 Å². The smallest absolute Gasteiger partial charge is 0.239 e. The Labute approximate surface area is 187 Å². The molecule has 0 spiro atoms. The molecule has 0 aromatic heterocycles. The summed E-state index contributed by atoms with van der Waals surface area (Å²) in [5.74, 6) is -0.641. The zero-order valence-corrected chi connectivity index (χ0v) is 17.8. The topological polar surface area (TPSA) is 49.6 Å². The molecule has 3 aromatic rings. The summed E-state index contributed by atoms with van der Waals surface area (Å²) in [4.78, 5) is 17.0. The van der Waals surface area contributed by atoms with E-state index in [1.54, 1.807) is 24.3 Å². The van der Waals surface area contributed by atoms with E-state index in [4.69, 9.17) is 5.73 Å². The maximum absolute atomic E-state index is 13.5. The summed E-state index contributed by atoms with van der Waals surface area (Å²) in [6, 6.07) is 21.8. The summed E-state index contributed by atoms with van der Waals surface area (Å²) < 4.78 is 27.0. The van der Waals surface area contributed by atoms with Crippen molar-refractivity contribution in [1.29, 1.82) is 0 Å². The van der Waals surface area contributed by atoms with Crippen LogP contribution in [0.5, 0.6) is 0 Å². The van der Waals surface area contributed by atoms with E-state index in [-0.39, 0.29) is 23.6 Å². The lowest BCUT2D eigenvalue weighted by Gasteiger charge is -2.40. The molecule has 2 N–H and O–H groups in total. The Bertz CT molecular complexity index is 972. The molecule has 1 amide bonds. The molecule has 6 heteroatoms. The number of amides is 1. The Morgan fingerprint density at radius 2 is 1.28 bits per heavy atom. The van der Waals surface area contributed by atoms with Gasteiger partial charge in [0.2, 0.25) is 5.91 Å². The molecule has 1 saturated heterocycles. The second-order valence-electron chi connectivity index (χ2n) is 8.16. The minimum atomic E-state index is -0.575. The van der Waals surface area contributed by atoms with Crippen molar-refractivity contribution in [3.8, 4) is 0 Å². The standard InChI is InChI=1S/C26H27F2N3O/c27-22-10-6-20(7-11-22)25(21-8-12-23(28)13-9-21)30-14-16-31(17-15-30)26(32)24(29)18-19-4-2-1-3-5-19/h1-13,24-25H,14-18,29H2/t24-/m0/s1. The molecule has 0 bridgehead atoms. The molecular weight excluding hydrogens is 408 g/mol. The van der Waals surface area contributed by atoms with Crippen LogP contribution in [0.2, 0.25) is 0 Å². The quantitative estimate of drug-likeness (QED) is 0.641. The first kappa shape index (κ1) is 22.1. The number of rotatable bonds is 6. The van der Waals surface area contributed by atoms with Crippen molar-refractivity contribution < 1.29 is 13.6 Å². The molecule has 1 fully saturated rings. The van der Waals surface area contributed by atoms with Gasteiger partial charge in [-0.15, -0.1) is 0 Å². The summed E-state index contributed by atoms with van der Waals surface area (Å²) in [6.45, 7) is 2.40. The highest BCUT2D eigenvalue weighted by molar-refractivity contribution is 5.82. The minimum Gasteiger partial charge on any atom is -0.339 e. The Balaban J connectivity index is 1.45. The summed E-state index contributed by atoms with van der Waals surface area (Å²) in [5, 5.41) is 0. The summed E-state index contributed by atoms with van der Waals surface area (Å²) in [6.07, 6.45) is 0.508. The Morgan fingerprint density at radius 3 is 1.78 bits per heavy atom. The van der Waals surface area contributed by atoms with Crippen molar-refractivity contribution in [2.24, 2.45) is 5.73 Å². The molecule has 1 aliphatic heterocycles. The van der Waals surface area contributed by atoms with Crippen LogP contribution >= 0.6 is 0 Å². The number of nitrogens with zero attached hydrogens (tertiary/aromatic N) is 2.